The summed E-state index contributed by atoms with van der Waals surface area (Å²) >= 11 is 7.11. The lowest BCUT2D eigenvalue weighted by atomic mass is 10.0. The van der Waals surface area contributed by atoms with Gasteiger partial charge in [0.15, 0.2) is 5.76 Å². The molecule has 0 N–H and O–H groups in total. The van der Waals surface area contributed by atoms with Crippen LogP contribution >= 0.6 is 31.9 Å². The van der Waals surface area contributed by atoms with Crippen LogP contribution in [0.25, 0.3) is 22.5 Å². The third kappa shape index (κ3) is 2.38. The van der Waals surface area contributed by atoms with Crippen molar-refractivity contribution in [3.05, 3.63) is 63.7 Å². The molecule has 0 fully saturated rings. The second-order valence-corrected chi connectivity index (χ2v) is 5.74. The standard InChI is InChI=1S/C15H9Br2NO/c16-13-7-3-1-5-10(13)12-9-18-19-15(12)11-6-2-4-8-14(11)17/h1-9H. The van der Waals surface area contributed by atoms with E-state index in [0.29, 0.717) is 0 Å². The maximum Gasteiger partial charge on any atom is 0.175 e. The molecule has 4 heteroatoms. The summed E-state index contributed by atoms with van der Waals surface area (Å²) in [6, 6.07) is 16.0. The summed E-state index contributed by atoms with van der Waals surface area (Å²) in [7, 11) is 0. The van der Waals surface area contributed by atoms with Crippen LogP contribution < -0.4 is 0 Å². The van der Waals surface area contributed by atoms with Crippen molar-refractivity contribution in [1.29, 1.82) is 0 Å². The predicted octanol–water partition coefficient (Wildman–Crippen LogP) is 5.53. The minimum Gasteiger partial charge on any atom is -0.356 e. The Balaban J connectivity index is 2.20. The van der Waals surface area contributed by atoms with Gasteiger partial charge in [0.2, 0.25) is 0 Å². The second-order valence-electron chi connectivity index (χ2n) is 4.03. The van der Waals surface area contributed by atoms with Crippen LogP contribution in [0.5, 0.6) is 0 Å². The minimum absolute atomic E-state index is 0.763. The summed E-state index contributed by atoms with van der Waals surface area (Å²) in [5.74, 6) is 0.763. The Morgan fingerprint density at radius 1 is 0.737 bits per heavy atom. The Kier molecular flexibility index (Phi) is 3.53. The molecule has 1 heterocycles. The minimum atomic E-state index is 0.763. The summed E-state index contributed by atoms with van der Waals surface area (Å²) in [5, 5.41) is 3.94. The van der Waals surface area contributed by atoms with Gasteiger partial charge in [-0.1, -0.05) is 67.3 Å². The van der Waals surface area contributed by atoms with Gasteiger partial charge in [-0.15, -0.1) is 0 Å². The van der Waals surface area contributed by atoms with E-state index < -0.39 is 0 Å². The van der Waals surface area contributed by atoms with Crippen molar-refractivity contribution in [3.63, 3.8) is 0 Å². The third-order valence-electron chi connectivity index (χ3n) is 2.85. The van der Waals surface area contributed by atoms with Crippen LogP contribution in [0.3, 0.4) is 0 Å². The van der Waals surface area contributed by atoms with Gasteiger partial charge in [0.1, 0.15) is 0 Å². The van der Waals surface area contributed by atoms with E-state index >= 15 is 0 Å². The molecule has 0 aliphatic rings. The van der Waals surface area contributed by atoms with Gasteiger partial charge in [-0.2, -0.15) is 0 Å². The van der Waals surface area contributed by atoms with E-state index in [1.807, 2.05) is 48.5 Å². The molecular formula is C15H9Br2NO. The van der Waals surface area contributed by atoms with Crippen molar-refractivity contribution in [2.75, 3.05) is 0 Å². The zero-order chi connectivity index (χ0) is 13.2. The quantitative estimate of drug-likeness (QED) is 0.585. The molecule has 0 amide bonds. The number of aromatic nitrogens is 1. The highest BCUT2D eigenvalue weighted by Crippen LogP contribution is 2.38. The van der Waals surface area contributed by atoms with E-state index in [1.165, 1.54) is 0 Å². The van der Waals surface area contributed by atoms with Gasteiger partial charge in [0.25, 0.3) is 0 Å². The molecule has 0 saturated carbocycles. The first-order valence-electron chi connectivity index (χ1n) is 5.72. The number of benzene rings is 2. The topological polar surface area (TPSA) is 26.0 Å². The van der Waals surface area contributed by atoms with Crippen LogP contribution in [0.2, 0.25) is 0 Å². The summed E-state index contributed by atoms with van der Waals surface area (Å²) in [6.07, 6.45) is 1.74. The molecule has 2 nitrogen and oxygen atoms in total. The molecule has 94 valence electrons. The summed E-state index contributed by atoms with van der Waals surface area (Å²) in [5.41, 5.74) is 3.03. The first-order valence-corrected chi connectivity index (χ1v) is 7.30. The van der Waals surface area contributed by atoms with E-state index in [4.69, 9.17) is 4.52 Å². The summed E-state index contributed by atoms with van der Waals surface area (Å²) < 4.78 is 7.45. The molecule has 0 radical (unpaired) electrons. The Bertz CT molecular complexity index is 661. The number of halogens is 2. The summed E-state index contributed by atoms with van der Waals surface area (Å²) in [4.78, 5) is 0. The zero-order valence-corrected chi connectivity index (χ0v) is 13.0. The highest BCUT2D eigenvalue weighted by atomic mass is 79.9. The lowest BCUT2D eigenvalue weighted by Gasteiger charge is -2.05. The first kappa shape index (κ1) is 12.6. The Morgan fingerprint density at radius 3 is 1.95 bits per heavy atom. The molecular weight excluding hydrogens is 370 g/mol. The van der Waals surface area contributed by atoms with E-state index in [9.17, 15) is 0 Å². The average molecular weight is 379 g/mol. The number of rotatable bonds is 2. The van der Waals surface area contributed by atoms with Gasteiger partial charge in [0, 0.05) is 20.1 Å². The fraction of sp³-hybridized carbons (Fsp3) is 0. The van der Waals surface area contributed by atoms with Crippen molar-refractivity contribution in [3.8, 4) is 22.5 Å². The highest BCUT2D eigenvalue weighted by molar-refractivity contribution is 9.11. The predicted molar refractivity (Wildman–Crippen MR) is 82.8 cm³/mol. The second kappa shape index (κ2) is 5.31. The molecule has 1 aromatic heterocycles. The number of hydrogen-bond acceptors (Lipinski definition) is 2. The van der Waals surface area contributed by atoms with Crippen LogP contribution in [0.1, 0.15) is 0 Å². The normalized spacial score (nSPS) is 10.6. The molecule has 0 spiro atoms. The van der Waals surface area contributed by atoms with Gasteiger partial charge in [-0.05, 0) is 18.2 Å². The lowest BCUT2D eigenvalue weighted by molar-refractivity contribution is 0.432. The molecule has 0 aliphatic carbocycles. The maximum absolute atomic E-state index is 5.44. The van der Waals surface area contributed by atoms with Crippen LogP contribution in [-0.2, 0) is 0 Å². The molecule has 0 unspecified atom stereocenters. The SMILES string of the molecule is Brc1ccccc1-c1cnoc1-c1ccccc1Br. The van der Waals surface area contributed by atoms with Crippen molar-refractivity contribution in [1.82, 2.24) is 5.16 Å². The van der Waals surface area contributed by atoms with Crippen LogP contribution in [0.4, 0.5) is 0 Å². The molecule has 19 heavy (non-hydrogen) atoms. The van der Waals surface area contributed by atoms with Crippen LogP contribution in [-0.4, -0.2) is 5.16 Å². The molecule has 0 aliphatic heterocycles. The number of hydrogen-bond donors (Lipinski definition) is 0. The third-order valence-corrected chi connectivity index (χ3v) is 4.24. The summed E-state index contributed by atoms with van der Waals surface area (Å²) in [6.45, 7) is 0. The number of nitrogens with zero attached hydrogens (tertiary/aromatic N) is 1. The van der Waals surface area contributed by atoms with Crippen molar-refractivity contribution < 1.29 is 4.52 Å². The Morgan fingerprint density at radius 2 is 1.32 bits per heavy atom. The fourth-order valence-electron chi connectivity index (χ4n) is 1.95. The van der Waals surface area contributed by atoms with Gasteiger partial charge in [-0.3, -0.25) is 0 Å². The molecule has 2 aromatic carbocycles. The zero-order valence-electron chi connectivity index (χ0n) is 9.81. The van der Waals surface area contributed by atoms with Gasteiger partial charge in [-0.25, -0.2) is 0 Å². The van der Waals surface area contributed by atoms with Crippen molar-refractivity contribution in [2.45, 2.75) is 0 Å². The smallest absolute Gasteiger partial charge is 0.175 e. The van der Waals surface area contributed by atoms with Gasteiger partial charge in [0.05, 0.1) is 11.8 Å². The van der Waals surface area contributed by atoms with Gasteiger partial charge < -0.3 is 4.52 Å². The largest absolute Gasteiger partial charge is 0.356 e. The molecule has 0 bridgehead atoms. The average Bonchev–Trinajstić information content (AvgIpc) is 2.89. The monoisotopic (exact) mass is 377 g/mol. The van der Waals surface area contributed by atoms with E-state index in [1.54, 1.807) is 6.20 Å². The Labute approximate surface area is 127 Å². The first-order chi connectivity index (χ1) is 9.27. The maximum atomic E-state index is 5.44. The van der Waals surface area contributed by atoms with E-state index in [2.05, 4.69) is 37.0 Å². The van der Waals surface area contributed by atoms with Crippen molar-refractivity contribution >= 4 is 31.9 Å². The fourth-order valence-corrected chi connectivity index (χ4v) is 2.91. The molecule has 3 aromatic rings. The Hall–Kier alpha value is -1.39. The molecule has 3 rings (SSSR count). The van der Waals surface area contributed by atoms with E-state index in [-0.39, 0.29) is 0 Å². The van der Waals surface area contributed by atoms with Gasteiger partial charge >= 0.3 is 0 Å². The van der Waals surface area contributed by atoms with Crippen molar-refractivity contribution in [2.24, 2.45) is 0 Å². The highest BCUT2D eigenvalue weighted by Gasteiger charge is 2.16. The van der Waals surface area contributed by atoms with Crippen LogP contribution in [0.15, 0.2) is 68.2 Å². The van der Waals surface area contributed by atoms with Crippen LogP contribution in [0, 0.1) is 0 Å². The lowest BCUT2D eigenvalue weighted by Crippen LogP contribution is -1.82. The van der Waals surface area contributed by atoms with E-state index in [0.717, 1.165) is 31.4 Å². The molecule has 0 atom stereocenters. The molecule has 0 saturated heterocycles.